The van der Waals surface area contributed by atoms with Crippen LogP contribution in [0.5, 0.6) is 0 Å². The van der Waals surface area contributed by atoms with Crippen molar-refractivity contribution in [3.8, 4) is 0 Å². The highest BCUT2D eigenvalue weighted by Gasteiger charge is 1.99. The van der Waals surface area contributed by atoms with Crippen LogP contribution in [0.4, 0.5) is 0 Å². The van der Waals surface area contributed by atoms with Gasteiger partial charge in [0.1, 0.15) is 0 Å². The Bertz CT molecular complexity index is 278. The summed E-state index contributed by atoms with van der Waals surface area (Å²) in [4.78, 5) is 1.14. The molecule has 0 aliphatic heterocycles. The van der Waals surface area contributed by atoms with Gasteiger partial charge in [-0.15, -0.1) is 11.8 Å². The fourth-order valence-corrected chi connectivity index (χ4v) is 2.11. The predicted molar refractivity (Wildman–Crippen MR) is 60.9 cm³/mol. The van der Waals surface area contributed by atoms with Crippen LogP contribution in [0.2, 0.25) is 10.0 Å². The first-order valence-electron chi connectivity index (χ1n) is 4.02. The highest BCUT2D eigenvalue weighted by atomic mass is 35.5. The molecule has 0 aliphatic carbocycles. The Hall–Kier alpha value is 0.110. The van der Waals surface area contributed by atoms with Crippen molar-refractivity contribution in [2.45, 2.75) is 11.3 Å². The van der Waals surface area contributed by atoms with Crippen LogP contribution in [0.25, 0.3) is 0 Å². The van der Waals surface area contributed by atoms with Crippen molar-refractivity contribution >= 4 is 35.0 Å². The molecule has 1 aromatic rings. The van der Waals surface area contributed by atoms with E-state index < -0.39 is 0 Å². The molecule has 0 aromatic heterocycles. The average molecular weight is 236 g/mol. The predicted octanol–water partition coefficient (Wildman–Crippen LogP) is 3.43. The van der Waals surface area contributed by atoms with E-state index in [1.54, 1.807) is 11.8 Å². The van der Waals surface area contributed by atoms with Crippen molar-refractivity contribution in [3.05, 3.63) is 28.2 Å². The van der Waals surface area contributed by atoms with E-state index in [2.05, 4.69) is 0 Å². The first-order chi connectivity index (χ1) is 6.24. The molecule has 1 rings (SSSR count). The van der Waals surface area contributed by atoms with Crippen molar-refractivity contribution in [1.29, 1.82) is 0 Å². The third kappa shape index (κ3) is 3.77. The van der Waals surface area contributed by atoms with E-state index in [1.165, 1.54) is 0 Å². The van der Waals surface area contributed by atoms with Gasteiger partial charge in [0.05, 0.1) is 10.0 Å². The molecule has 0 fully saturated rings. The maximum atomic E-state index is 5.86. The zero-order chi connectivity index (χ0) is 9.68. The lowest BCUT2D eigenvalue weighted by Gasteiger charge is -2.01. The lowest BCUT2D eigenvalue weighted by atomic mass is 10.4. The molecule has 0 atom stereocenters. The summed E-state index contributed by atoms with van der Waals surface area (Å²) < 4.78 is 0. The second kappa shape index (κ2) is 5.76. The molecule has 1 aromatic carbocycles. The third-order valence-corrected chi connectivity index (χ3v) is 3.33. The quantitative estimate of drug-likeness (QED) is 0.640. The van der Waals surface area contributed by atoms with Gasteiger partial charge in [-0.1, -0.05) is 23.2 Å². The maximum absolute atomic E-state index is 5.86. The fraction of sp³-hybridized carbons (Fsp3) is 0.333. The first kappa shape index (κ1) is 11.2. The number of benzene rings is 1. The molecule has 0 saturated heterocycles. The monoisotopic (exact) mass is 235 g/mol. The van der Waals surface area contributed by atoms with Crippen LogP contribution < -0.4 is 5.73 Å². The van der Waals surface area contributed by atoms with E-state index >= 15 is 0 Å². The summed E-state index contributed by atoms with van der Waals surface area (Å²) in [5.41, 5.74) is 5.39. The second-order valence-corrected chi connectivity index (χ2v) is 4.55. The van der Waals surface area contributed by atoms with Gasteiger partial charge in [-0.05, 0) is 36.9 Å². The zero-order valence-corrected chi connectivity index (χ0v) is 9.42. The molecule has 0 aliphatic rings. The normalized spacial score (nSPS) is 10.4. The molecule has 0 bridgehead atoms. The molecular weight excluding hydrogens is 225 g/mol. The van der Waals surface area contributed by atoms with Crippen LogP contribution in [0.15, 0.2) is 23.1 Å². The number of halogens is 2. The average Bonchev–Trinajstić information content (AvgIpc) is 2.12. The molecule has 72 valence electrons. The number of hydrogen-bond donors (Lipinski definition) is 1. The standard InChI is InChI=1S/C9H11Cl2NS/c10-8-3-2-7(6-9(8)11)13-5-1-4-12/h2-3,6H,1,4-5,12H2. The van der Waals surface area contributed by atoms with Gasteiger partial charge >= 0.3 is 0 Å². The van der Waals surface area contributed by atoms with Crippen molar-refractivity contribution in [1.82, 2.24) is 0 Å². The highest BCUT2D eigenvalue weighted by molar-refractivity contribution is 7.99. The number of rotatable bonds is 4. The van der Waals surface area contributed by atoms with Crippen molar-refractivity contribution < 1.29 is 0 Å². The van der Waals surface area contributed by atoms with Gasteiger partial charge in [0, 0.05) is 4.90 Å². The Morgan fingerprint density at radius 3 is 2.62 bits per heavy atom. The molecule has 0 saturated carbocycles. The van der Waals surface area contributed by atoms with Crippen molar-refractivity contribution in [2.75, 3.05) is 12.3 Å². The smallest absolute Gasteiger partial charge is 0.0603 e. The lowest BCUT2D eigenvalue weighted by molar-refractivity contribution is 0.943. The maximum Gasteiger partial charge on any atom is 0.0603 e. The van der Waals surface area contributed by atoms with Crippen LogP contribution in [0, 0.1) is 0 Å². The van der Waals surface area contributed by atoms with Crippen LogP contribution in [0.1, 0.15) is 6.42 Å². The van der Waals surface area contributed by atoms with Crippen LogP contribution >= 0.6 is 35.0 Å². The largest absolute Gasteiger partial charge is 0.330 e. The summed E-state index contributed by atoms with van der Waals surface area (Å²) >= 11 is 13.4. The molecule has 13 heavy (non-hydrogen) atoms. The molecule has 0 radical (unpaired) electrons. The minimum Gasteiger partial charge on any atom is -0.330 e. The topological polar surface area (TPSA) is 26.0 Å². The van der Waals surface area contributed by atoms with Crippen LogP contribution in [0.3, 0.4) is 0 Å². The van der Waals surface area contributed by atoms with Gasteiger partial charge in [-0.2, -0.15) is 0 Å². The molecule has 0 spiro atoms. The molecule has 0 amide bonds. The van der Waals surface area contributed by atoms with Gasteiger partial charge in [0.25, 0.3) is 0 Å². The minimum atomic E-state index is 0.602. The summed E-state index contributed by atoms with van der Waals surface area (Å²) in [6.07, 6.45) is 1.02. The number of hydrogen-bond acceptors (Lipinski definition) is 2. The molecular formula is C9H11Cl2NS. The minimum absolute atomic E-state index is 0.602. The van der Waals surface area contributed by atoms with Gasteiger partial charge in [-0.3, -0.25) is 0 Å². The summed E-state index contributed by atoms with van der Waals surface area (Å²) in [7, 11) is 0. The van der Waals surface area contributed by atoms with Gasteiger partial charge in [-0.25, -0.2) is 0 Å². The summed E-state index contributed by atoms with van der Waals surface area (Å²) in [6, 6.07) is 5.66. The van der Waals surface area contributed by atoms with Crippen LogP contribution in [-0.2, 0) is 0 Å². The molecule has 0 unspecified atom stereocenters. The second-order valence-electron chi connectivity index (χ2n) is 2.57. The van der Waals surface area contributed by atoms with E-state index in [1.807, 2.05) is 18.2 Å². The van der Waals surface area contributed by atoms with E-state index in [0.717, 1.165) is 23.6 Å². The SMILES string of the molecule is NCCCSc1ccc(Cl)c(Cl)c1. The van der Waals surface area contributed by atoms with Gasteiger partial charge in [0.15, 0.2) is 0 Å². The van der Waals surface area contributed by atoms with E-state index in [0.29, 0.717) is 10.0 Å². The number of thioether (sulfide) groups is 1. The van der Waals surface area contributed by atoms with Gasteiger partial charge in [0.2, 0.25) is 0 Å². The van der Waals surface area contributed by atoms with Crippen LogP contribution in [-0.4, -0.2) is 12.3 Å². The molecule has 2 N–H and O–H groups in total. The Morgan fingerprint density at radius 2 is 2.00 bits per heavy atom. The van der Waals surface area contributed by atoms with E-state index in [4.69, 9.17) is 28.9 Å². The Kier molecular flexibility index (Phi) is 4.96. The van der Waals surface area contributed by atoms with Gasteiger partial charge < -0.3 is 5.73 Å². The van der Waals surface area contributed by atoms with E-state index in [9.17, 15) is 0 Å². The van der Waals surface area contributed by atoms with Crippen molar-refractivity contribution in [3.63, 3.8) is 0 Å². The third-order valence-electron chi connectivity index (χ3n) is 1.51. The first-order valence-corrected chi connectivity index (χ1v) is 5.76. The summed E-state index contributed by atoms with van der Waals surface area (Å²) in [6.45, 7) is 0.730. The highest BCUT2D eigenvalue weighted by Crippen LogP contribution is 2.27. The van der Waals surface area contributed by atoms with Crippen molar-refractivity contribution in [2.24, 2.45) is 5.73 Å². The molecule has 1 nitrogen and oxygen atoms in total. The Balaban J connectivity index is 2.53. The lowest BCUT2D eigenvalue weighted by Crippen LogP contribution is -1.99. The zero-order valence-electron chi connectivity index (χ0n) is 7.09. The van der Waals surface area contributed by atoms with E-state index in [-0.39, 0.29) is 0 Å². The fourth-order valence-electron chi connectivity index (χ4n) is 0.840. The Labute approximate surface area is 92.6 Å². The molecule has 0 heterocycles. The molecule has 4 heteroatoms. The Morgan fingerprint density at radius 1 is 1.23 bits per heavy atom. The summed E-state index contributed by atoms with van der Waals surface area (Å²) in [5, 5.41) is 1.21. The number of nitrogens with two attached hydrogens (primary N) is 1. The summed E-state index contributed by atoms with van der Waals surface area (Å²) in [5.74, 6) is 1.02.